The number of rotatable bonds is 8. The van der Waals surface area contributed by atoms with Gasteiger partial charge in [-0.15, -0.1) is 0 Å². The van der Waals surface area contributed by atoms with E-state index in [2.05, 4.69) is 5.32 Å². The third-order valence-electron chi connectivity index (χ3n) is 3.51. The molecule has 0 bridgehead atoms. The highest BCUT2D eigenvalue weighted by atomic mass is 19.1. The molecule has 0 aromatic heterocycles. The fourth-order valence-corrected chi connectivity index (χ4v) is 2.14. The molecule has 2 aromatic carbocycles. The summed E-state index contributed by atoms with van der Waals surface area (Å²) in [5.41, 5.74) is -0.611. The molecule has 0 fully saturated rings. The molecular formula is C18H14F2N2O6. The molecule has 2 rings (SSSR count). The number of nitrogens with one attached hydrogen (secondary N) is 1. The van der Waals surface area contributed by atoms with E-state index in [0.717, 1.165) is 30.3 Å². The molecule has 0 unspecified atom stereocenters. The molecule has 8 nitrogen and oxygen atoms in total. The molecule has 0 saturated carbocycles. The lowest BCUT2D eigenvalue weighted by Crippen LogP contribution is -2.21. The van der Waals surface area contributed by atoms with Crippen molar-refractivity contribution in [2.24, 2.45) is 0 Å². The van der Waals surface area contributed by atoms with Crippen LogP contribution in [0.25, 0.3) is 0 Å². The van der Waals surface area contributed by atoms with Crippen LogP contribution in [0, 0.1) is 21.7 Å². The molecule has 1 N–H and O–H groups in total. The van der Waals surface area contributed by atoms with E-state index in [1.807, 2.05) is 0 Å². The minimum absolute atomic E-state index is 0.0411. The summed E-state index contributed by atoms with van der Waals surface area (Å²) in [5.74, 6) is -3.54. The molecule has 0 aliphatic heterocycles. The number of nitrogens with zero attached hydrogens (tertiary/aromatic N) is 1. The van der Waals surface area contributed by atoms with Crippen molar-refractivity contribution >= 4 is 29.0 Å². The Bertz CT molecular complexity index is 915. The number of ether oxygens (including phenoxy) is 1. The number of amides is 1. The van der Waals surface area contributed by atoms with E-state index in [-0.39, 0.29) is 29.9 Å². The Labute approximate surface area is 157 Å². The molecule has 0 spiro atoms. The van der Waals surface area contributed by atoms with Crippen LogP contribution in [0.5, 0.6) is 0 Å². The zero-order chi connectivity index (χ0) is 20.7. The van der Waals surface area contributed by atoms with Gasteiger partial charge in [-0.1, -0.05) is 0 Å². The number of benzene rings is 2. The van der Waals surface area contributed by atoms with Gasteiger partial charge >= 0.3 is 11.7 Å². The molecule has 0 atom stereocenters. The third kappa shape index (κ3) is 5.94. The van der Waals surface area contributed by atoms with Crippen LogP contribution in [0.3, 0.4) is 0 Å². The Morgan fingerprint density at radius 2 is 1.71 bits per heavy atom. The zero-order valence-electron chi connectivity index (χ0n) is 14.3. The number of carbonyl (C=O) groups is 3. The molecule has 1 amide bonds. The summed E-state index contributed by atoms with van der Waals surface area (Å²) in [4.78, 5) is 44.9. The van der Waals surface area contributed by atoms with E-state index >= 15 is 0 Å². The number of hydrogen-bond acceptors (Lipinski definition) is 6. The summed E-state index contributed by atoms with van der Waals surface area (Å²) >= 11 is 0. The Kier molecular flexibility index (Phi) is 6.85. The first kappa shape index (κ1) is 20.6. The second-order valence-electron chi connectivity index (χ2n) is 5.56. The quantitative estimate of drug-likeness (QED) is 0.320. The van der Waals surface area contributed by atoms with Crippen molar-refractivity contribution in [3.63, 3.8) is 0 Å². The minimum atomic E-state index is -1.06. The molecule has 10 heteroatoms. The standard InChI is InChI=1S/C18H14F2N2O6/c19-12-3-1-11(2-4-12)16(23)7-8-18(25)28-10-17(24)21-13-5-6-14(20)15(9-13)22(26)27/h1-6,9H,7-8,10H2,(H,21,24). The smallest absolute Gasteiger partial charge is 0.306 e. The van der Waals surface area contributed by atoms with Crippen LogP contribution in [0.4, 0.5) is 20.2 Å². The van der Waals surface area contributed by atoms with Gasteiger partial charge in [0.15, 0.2) is 12.4 Å². The number of nitro benzene ring substituents is 1. The number of nitro groups is 1. The van der Waals surface area contributed by atoms with Gasteiger partial charge in [0.25, 0.3) is 5.91 Å². The van der Waals surface area contributed by atoms with Crippen LogP contribution in [0.2, 0.25) is 0 Å². The van der Waals surface area contributed by atoms with E-state index in [0.29, 0.717) is 0 Å². The van der Waals surface area contributed by atoms with E-state index in [1.165, 1.54) is 12.1 Å². The third-order valence-corrected chi connectivity index (χ3v) is 3.51. The summed E-state index contributed by atoms with van der Waals surface area (Å²) in [6, 6.07) is 7.59. The fourth-order valence-electron chi connectivity index (χ4n) is 2.14. The van der Waals surface area contributed by atoms with Crippen LogP contribution in [-0.4, -0.2) is 29.2 Å². The van der Waals surface area contributed by atoms with Crippen LogP contribution in [0.15, 0.2) is 42.5 Å². The summed E-state index contributed by atoms with van der Waals surface area (Å²) in [7, 11) is 0. The van der Waals surface area contributed by atoms with Crippen molar-refractivity contribution < 1.29 is 32.8 Å². The maximum absolute atomic E-state index is 13.2. The average Bonchev–Trinajstić information content (AvgIpc) is 2.66. The topological polar surface area (TPSA) is 116 Å². The normalized spacial score (nSPS) is 10.2. The van der Waals surface area contributed by atoms with Crippen LogP contribution in [-0.2, 0) is 14.3 Å². The van der Waals surface area contributed by atoms with Crippen LogP contribution >= 0.6 is 0 Å². The Balaban J connectivity index is 1.78. The number of Topliss-reactive ketones (excluding diaryl/α,β-unsaturated/α-hetero) is 1. The molecule has 2 aromatic rings. The highest BCUT2D eigenvalue weighted by molar-refractivity contribution is 5.98. The second kappa shape index (κ2) is 9.31. The maximum Gasteiger partial charge on any atom is 0.306 e. The van der Waals surface area contributed by atoms with Crippen molar-refractivity contribution in [1.29, 1.82) is 0 Å². The van der Waals surface area contributed by atoms with E-state index in [4.69, 9.17) is 4.74 Å². The molecule has 0 radical (unpaired) electrons. The van der Waals surface area contributed by atoms with Crippen LogP contribution in [0.1, 0.15) is 23.2 Å². The lowest BCUT2D eigenvalue weighted by atomic mass is 10.1. The van der Waals surface area contributed by atoms with E-state index in [1.54, 1.807) is 0 Å². The van der Waals surface area contributed by atoms with E-state index in [9.17, 15) is 33.3 Å². The SMILES string of the molecule is O=C(COC(=O)CCC(=O)c1ccc(F)cc1)Nc1ccc(F)c([N+](=O)[O-])c1. The van der Waals surface area contributed by atoms with Gasteiger partial charge in [-0.2, -0.15) is 4.39 Å². The van der Waals surface area contributed by atoms with Gasteiger partial charge in [-0.3, -0.25) is 24.5 Å². The van der Waals surface area contributed by atoms with Gasteiger partial charge in [-0.25, -0.2) is 4.39 Å². The Hall–Kier alpha value is -3.69. The van der Waals surface area contributed by atoms with Gasteiger partial charge in [0, 0.05) is 23.7 Å². The van der Waals surface area contributed by atoms with Crippen molar-refractivity contribution in [3.05, 3.63) is 69.8 Å². The monoisotopic (exact) mass is 392 g/mol. The lowest BCUT2D eigenvalue weighted by molar-refractivity contribution is -0.387. The first-order chi connectivity index (χ1) is 13.3. The number of hydrogen-bond donors (Lipinski definition) is 1. The fraction of sp³-hybridized carbons (Fsp3) is 0.167. The largest absolute Gasteiger partial charge is 0.456 e. The molecule has 28 heavy (non-hydrogen) atoms. The van der Waals surface area contributed by atoms with Gasteiger partial charge in [0.2, 0.25) is 5.82 Å². The molecule has 0 saturated heterocycles. The number of ketones is 1. The van der Waals surface area contributed by atoms with Crippen molar-refractivity contribution in [2.75, 3.05) is 11.9 Å². The van der Waals surface area contributed by atoms with Crippen molar-refractivity contribution in [1.82, 2.24) is 0 Å². The minimum Gasteiger partial charge on any atom is -0.456 e. The summed E-state index contributed by atoms with van der Waals surface area (Å²) in [6.45, 7) is -0.686. The zero-order valence-corrected chi connectivity index (χ0v) is 14.3. The van der Waals surface area contributed by atoms with Gasteiger partial charge < -0.3 is 10.1 Å². The summed E-state index contributed by atoms with van der Waals surface area (Å²) < 4.78 is 30.7. The van der Waals surface area contributed by atoms with Gasteiger partial charge in [0.1, 0.15) is 5.82 Å². The number of esters is 1. The maximum atomic E-state index is 13.2. The predicted octanol–water partition coefficient (Wildman–Crippen LogP) is 3.02. The Morgan fingerprint density at radius 3 is 2.36 bits per heavy atom. The van der Waals surface area contributed by atoms with Crippen molar-refractivity contribution in [2.45, 2.75) is 12.8 Å². The predicted molar refractivity (Wildman–Crippen MR) is 92.6 cm³/mol. The highest BCUT2D eigenvalue weighted by Crippen LogP contribution is 2.21. The molecule has 0 heterocycles. The first-order valence-electron chi connectivity index (χ1n) is 7.94. The lowest BCUT2D eigenvalue weighted by Gasteiger charge is -2.07. The van der Waals surface area contributed by atoms with Crippen molar-refractivity contribution in [3.8, 4) is 0 Å². The van der Waals surface area contributed by atoms with E-state index < -0.39 is 40.7 Å². The van der Waals surface area contributed by atoms with Gasteiger partial charge in [0.05, 0.1) is 11.3 Å². The highest BCUT2D eigenvalue weighted by Gasteiger charge is 2.16. The Morgan fingerprint density at radius 1 is 1.04 bits per heavy atom. The number of halogens is 2. The molecule has 146 valence electrons. The average molecular weight is 392 g/mol. The van der Waals surface area contributed by atoms with Gasteiger partial charge in [-0.05, 0) is 36.4 Å². The molecule has 0 aliphatic rings. The molecule has 0 aliphatic carbocycles. The molecular weight excluding hydrogens is 378 g/mol. The number of anilines is 1. The first-order valence-corrected chi connectivity index (χ1v) is 7.94. The second-order valence-corrected chi connectivity index (χ2v) is 5.56. The number of carbonyl (C=O) groups excluding carboxylic acids is 3. The summed E-state index contributed by atoms with van der Waals surface area (Å²) in [5, 5.41) is 12.9. The summed E-state index contributed by atoms with van der Waals surface area (Å²) in [6.07, 6.45) is -0.470. The van der Waals surface area contributed by atoms with Crippen LogP contribution < -0.4 is 5.32 Å².